The van der Waals surface area contributed by atoms with Gasteiger partial charge in [0, 0.05) is 25.6 Å². The van der Waals surface area contributed by atoms with Crippen molar-refractivity contribution < 1.29 is 0 Å². The van der Waals surface area contributed by atoms with Crippen LogP contribution in [0.25, 0.3) is 0 Å². The second kappa shape index (κ2) is 4.30. The number of rotatable bonds is 3. The van der Waals surface area contributed by atoms with Crippen LogP contribution in [0.2, 0.25) is 0 Å². The standard InChI is InChI=1S/C11H18N4S/c1-2-3-10-13-14-11(16-10)15-6-8-4-5-12-9(8)7-15/h8-9,12H,2-7H2,1H3/t8-,9+/m0/s1. The minimum absolute atomic E-state index is 0.693. The molecule has 2 aliphatic heterocycles. The lowest BCUT2D eigenvalue weighted by atomic mass is 10.1. The zero-order valence-electron chi connectivity index (χ0n) is 9.65. The molecule has 0 saturated carbocycles. The summed E-state index contributed by atoms with van der Waals surface area (Å²) in [5, 5.41) is 14.4. The first kappa shape index (κ1) is 10.5. The van der Waals surface area contributed by atoms with Crippen molar-refractivity contribution in [3.63, 3.8) is 0 Å². The monoisotopic (exact) mass is 238 g/mol. The average Bonchev–Trinajstić information content (AvgIpc) is 2.88. The van der Waals surface area contributed by atoms with E-state index in [1.165, 1.54) is 24.5 Å². The number of fused-ring (bicyclic) bond motifs is 1. The number of aromatic nitrogens is 2. The van der Waals surface area contributed by atoms with Crippen molar-refractivity contribution in [3.8, 4) is 0 Å². The zero-order chi connectivity index (χ0) is 11.0. The second-order valence-corrected chi connectivity index (χ2v) is 5.78. The minimum Gasteiger partial charge on any atom is -0.345 e. The topological polar surface area (TPSA) is 41.1 Å². The highest BCUT2D eigenvalue weighted by atomic mass is 32.1. The third-order valence-electron chi connectivity index (χ3n) is 3.55. The van der Waals surface area contributed by atoms with E-state index < -0.39 is 0 Å². The molecular weight excluding hydrogens is 220 g/mol. The van der Waals surface area contributed by atoms with Gasteiger partial charge < -0.3 is 10.2 Å². The molecule has 1 aromatic heterocycles. The Hall–Kier alpha value is -0.680. The number of nitrogens with zero attached hydrogens (tertiary/aromatic N) is 3. The first-order valence-corrected chi connectivity index (χ1v) is 6.99. The van der Waals surface area contributed by atoms with E-state index in [-0.39, 0.29) is 0 Å². The van der Waals surface area contributed by atoms with Crippen LogP contribution in [0.5, 0.6) is 0 Å². The molecule has 16 heavy (non-hydrogen) atoms. The van der Waals surface area contributed by atoms with Gasteiger partial charge in [0.25, 0.3) is 0 Å². The van der Waals surface area contributed by atoms with E-state index in [1.54, 1.807) is 11.3 Å². The Morgan fingerprint density at radius 2 is 2.38 bits per heavy atom. The van der Waals surface area contributed by atoms with E-state index in [0.29, 0.717) is 6.04 Å². The number of aryl methyl sites for hydroxylation is 1. The first-order chi connectivity index (χ1) is 7.86. The number of hydrogen-bond donors (Lipinski definition) is 1. The largest absolute Gasteiger partial charge is 0.345 e. The molecule has 5 heteroatoms. The normalized spacial score (nSPS) is 28.7. The maximum absolute atomic E-state index is 4.31. The molecule has 4 nitrogen and oxygen atoms in total. The molecule has 1 N–H and O–H groups in total. The smallest absolute Gasteiger partial charge is 0.208 e. The number of hydrogen-bond acceptors (Lipinski definition) is 5. The molecule has 2 aliphatic rings. The van der Waals surface area contributed by atoms with Gasteiger partial charge in [-0.2, -0.15) is 0 Å². The first-order valence-electron chi connectivity index (χ1n) is 6.17. The van der Waals surface area contributed by atoms with Crippen LogP contribution in [0, 0.1) is 5.92 Å². The van der Waals surface area contributed by atoms with Crippen molar-refractivity contribution >= 4 is 16.5 Å². The molecule has 0 radical (unpaired) electrons. The molecule has 3 heterocycles. The Morgan fingerprint density at radius 1 is 1.44 bits per heavy atom. The molecule has 0 aliphatic carbocycles. The molecule has 0 unspecified atom stereocenters. The van der Waals surface area contributed by atoms with Crippen LogP contribution >= 0.6 is 11.3 Å². The van der Waals surface area contributed by atoms with Crippen LogP contribution in [-0.4, -0.2) is 35.9 Å². The highest BCUT2D eigenvalue weighted by molar-refractivity contribution is 7.15. The maximum atomic E-state index is 4.31. The summed E-state index contributed by atoms with van der Waals surface area (Å²) in [4.78, 5) is 2.40. The van der Waals surface area contributed by atoms with Crippen LogP contribution in [0.15, 0.2) is 0 Å². The maximum Gasteiger partial charge on any atom is 0.208 e. The Bertz CT molecular complexity index is 353. The summed E-state index contributed by atoms with van der Waals surface area (Å²) in [6, 6.07) is 0.693. The van der Waals surface area contributed by atoms with E-state index >= 15 is 0 Å². The van der Waals surface area contributed by atoms with Crippen LogP contribution in [0.4, 0.5) is 5.13 Å². The van der Waals surface area contributed by atoms with E-state index in [2.05, 4.69) is 27.3 Å². The van der Waals surface area contributed by atoms with Crippen molar-refractivity contribution in [1.82, 2.24) is 15.5 Å². The molecule has 0 bridgehead atoms. The SMILES string of the molecule is CCCc1nnc(N2C[C@@H]3CCN[C@@H]3C2)s1. The molecule has 1 aromatic rings. The molecule has 3 rings (SSSR count). The summed E-state index contributed by atoms with van der Waals surface area (Å²) >= 11 is 1.77. The fourth-order valence-electron chi connectivity index (χ4n) is 2.69. The fraction of sp³-hybridized carbons (Fsp3) is 0.818. The van der Waals surface area contributed by atoms with Gasteiger partial charge in [0.1, 0.15) is 5.01 Å². The van der Waals surface area contributed by atoms with Crippen molar-refractivity contribution in [1.29, 1.82) is 0 Å². The predicted octanol–water partition coefficient (Wildman–Crippen LogP) is 1.29. The van der Waals surface area contributed by atoms with Gasteiger partial charge in [0.05, 0.1) is 0 Å². The summed E-state index contributed by atoms with van der Waals surface area (Å²) in [7, 11) is 0. The van der Waals surface area contributed by atoms with Gasteiger partial charge in [-0.1, -0.05) is 18.3 Å². The molecule has 0 amide bonds. The molecule has 2 saturated heterocycles. The Labute approximate surface area is 100 Å². The van der Waals surface area contributed by atoms with E-state index in [0.717, 1.165) is 30.4 Å². The average molecular weight is 238 g/mol. The highest BCUT2D eigenvalue weighted by Crippen LogP contribution is 2.30. The third kappa shape index (κ3) is 1.82. The second-order valence-electron chi connectivity index (χ2n) is 4.74. The summed E-state index contributed by atoms with van der Waals surface area (Å²) < 4.78 is 0. The van der Waals surface area contributed by atoms with Crippen LogP contribution in [0.1, 0.15) is 24.8 Å². The van der Waals surface area contributed by atoms with Crippen LogP contribution < -0.4 is 10.2 Å². The molecule has 88 valence electrons. The van der Waals surface area contributed by atoms with Crippen molar-refractivity contribution in [2.24, 2.45) is 5.92 Å². The Kier molecular flexibility index (Phi) is 2.81. The summed E-state index contributed by atoms with van der Waals surface area (Å²) in [6.07, 6.45) is 3.54. The van der Waals surface area contributed by atoms with Gasteiger partial charge in [-0.15, -0.1) is 10.2 Å². The van der Waals surface area contributed by atoms with Gasteiger partial charge in [-0.05, 0) is 25.3 Å². The Morgan fingerprint density at radius 3 is 3.19 bits per heavy atom. The third-order valence-corrected chi connectivity index (χ3v) is 4.60. The molecular formula is C11H18N4S. The van der Waals surface area contributed by atoms with E-state index in [4.69, 9.17) is 0 Å². The molecule has 2 fully saturated rings. The predicted molar refractivity (Wildman–Crippen MR) is 66.0 cm³/mol. The lowest BCUT2D eigenvalue weighted by Gasteiger charge is -2.14. The van der Waals surface area contributed by atoms with Crippen LogP contribution in [0.3, 0.4) is 0 Å². The van der Waals surface area contributed by atoms with Gasteiger partial charge >= 0.3 is 0 Å². The Balaban J connectivity index is 1.68. The summed E-state index contributed by atoms with van der Waals surface area (Å²) in [6.45, 7) is 5.66. The van der Waals surface area contributed by atoms with E-state index in [9.17, 15) is 0 Å². The van der Waals surface area contributed by atoms with Gasteiger partial charge in [0.2, 0.25) is 5.13 Å². The van der Waals surface area contributed by atoms with Crippen molar-refractivity contribution in [3.05, 3.63) is 5.01 Å². The van der Waals surface area contributed by atoms with Crippen LogP contribution in [-0.2, 0) is 6.42 Å². The van der Waals surface area contributed by atoms with Crippen molar-refractivity contribution in [2.75, 3.05) is 24.5 Å². The lowest BCUT2D eigenvalue weighted by molar-refractivity contribution is 0.556. The van der Waals surface area contributed by atoms with Gasteiger partial charge in [0.15, 0.2) is 0 Å². The zero-order valence-corrected chi connectivity index (χ0v) is 10.5. The molecule has 0 aromatic carbocycles. The summed E-state index contributed by atoms with van der Waals surface area (Å²) in [5.41, 5.74) is 0. The highest BCUT2D eigenvalue weighted by Gasteiger charge is 2.37. The van der Waals surface area contributed by atoms with Gasteiger partial charge in [-0.3, -0.25) is 0 Å². The summed E-state index contributed by atoms with van der Waals surface area (Å²) in [5.74, 6) is 0.832. The molecule has 2 atom stereocenters. The van der Waals surface area contributed by atoms with Crippen molar-refractivity contribution in [2.45, 2.75) is 32.2 Å². The number of nitrogens with one attached hydrogen (secondary N) is 1. The van der Waals surface area contributed by atoms with Gasteiger partial charge in [-0.25, -0.2) is 0 Å². The number of anilines is 1. The molecule has 0 spiro atoms. The van der Waals surface area contributed by atoms with E-state index in [1.807, 2.05) is 0 Å². The quantitative estimate of drug-likeness (QED) is 0.861. The lowest BCUT2D eigenvalue weighted by Crippen LogP contribution is -2.30. The fourth-order valence-corrected chi connectivity index (χ4v) is 3.65. The minimum atomic E-state index is 0.693.